The van der Waals surface area contributed by atoms with E-state index in [0.717, 1.165) is 19.3 Å². The second kappa shape index (κ2) is 5.38. The van der Waals surface area contributed by atoms with E-state index in [2.05, 4.69) is 10.6 Å². The molecule has 5 heteroatoms. The van der Waals surface area contributed by atoms with Gasteiger partial charge in [0.2, 0.25) is 0 Å². The third-order valence-electron chi connectivity index (χ3n) is 3.74. The van der Waals surface area contributed by atoms with Crippen LogP contribution in [0.1, 0.15) is 46.5 Å². The van der Waals surface area contributed by atoms with E-state index in [0.29, 0.717) is 6.42 Å². The Hall–Kier alpha value is -1.26. The predicted octanol–water partition coefficient (Wildman–Crippen LogP) is 1.73. The van der Waals surface area contributed by atoms with Crippen molar-refractivity contribution in [2.45, 2.75) is 58.5 Å². The van der Waals surface area contributed by atoms with Crippen LogP contribution in [0.5, 0.6) is 0 Å². The summed E-state index contributed by atoms with van der Waals surface area (Å²) in [6.45, 7) is 5.61. The van der Waals surface area contributed by atoms with Crippen molar-refractivity contribution < 1.29 is 14.7 Å². The zero-order valence-corrected chi connectivity index (χ0v) is 10.7. The van der Waals surface area contributed by atoms with Crippen molar-refractivity contribution in [2.24, 2.45) is 5.41 Å². The number of urea groups is 1. The normalized spacial score (nSPS) is 29.7. The van der Waals surface area contributed by atoms with Gasteiger partial charge < -0.3 is 15.7 Å². The van der Waals surface area contributed by atoms with Crippen LogP contribution in [0.15, 0.2) is 0 Å². The van der Waals surface area contributed by atoms with Gasteiger partial charge in [-0.1, -0.05) is 13.3 Å². The summed E-state index contributed by atoms with van der Waals surface area (Å²) in [6.07, 6.45) is 3.05. The van der Waals surface area contributed by atoms with Crippen molar-refractivity contribution >= 4 is 12.0 Å². The Morgan fingerprint density at radius 1 is 1.53 bits per heavy atom. The van der Waals surface area contributed by atoms with Gasteiger partial charge in [-0.25, -0.2) is 4.79 Å². The highest BCUT2D eigenvalue weighted by molar-refractivity contribution is 5.79. The molecule has 3 atom stereocenters. The summed E-state index contributed by atoms with van der Waals surface area (Å²) in [4.78, 5) is 22.9. The number of carbonyl (C=O) groups is 2. The molecule has 0 aliphatic heterocycles. The summed E-state index contributed by atoms with van der Waals surface area (Å²) in [7, 11) is 0. The summed E-state index contributed by atoms with van der Waals surface area (Å²) in [5.41, 5.74) is -0.827. The molecule has 3 N–H and O–H groups in total. The maximum atomic E-state index is 11.7. The lowest BCUT2D eigenvalue weighted by Crippen LogP contribution is -2.51. The van der Waals surface area contributed by atoms with Gasteiger partial charge in [0, 0.05) is 12.1 Å². The maximum Gasteiger partial charge on any atom is 0.315 e. The van der Waals surface area contributed by atoms with Crippen molar-refractivity contribution in [3.05, 3.63) is 0 Å². The van der Waals surface area contributed by atoms with E-state index in [4.69, 9.17) is 0 Å². The maximum absolute atomic E-state index is 11.7. The minimum absolute atomic E-state index is 0.104. The average Bonchev–Trinajstić information content (AvgIpc) is 2.61. The Morgan fingerprint density at radius 3 is 2.71 bits per heavy atom. The molecular formula is C12H22N2O3. The van der Waals surface area contributed by atoms with Gasteiger partial charge in [0.25, 0.3) is 0 Å². The summed E-state index contributed by atoms with van der Waals surface area (Å²) < 4.78 is 0. The summed E-state index contributed by atoms with van der Waals surface area (Å²) in [5.74, 6) is -0.830. The smallest absolute Gasteiger partial charge is 0.315 e. The highest BCUT2D eigenvalue weighted by Gasteiger charge is 2.45. The van der Waals surface area contributed by atoms with Crippen molar-refractivity contribution in [1.29, 1.82) is 0 Å². The highest BCUT2D eigenvalue weighted by Crippen LogP contribution is 2.38. The van der Waals surface area contributed by atoms with Crippen molar-refractivity contribution in [3.63, 3.8) is 0 Å². The molecule has 0 aromatic carbocycles. The predicted molar refractivity (Wildman–Crippen MR) is 64.8 cm³/mol. The van der Waals surface area contributed by atoms with Crippen LogP contribution in [0.4, 0.5) is 4.79 Å². The molecule has 1 fully saturated rings. The zero-order valence-electron chi connectivity index (χ0n) is 10.7. The van der Waals surface area contributed by atoms with Gasteiger partial charge in [0.15, 0.2) is 0 Å². The molecule has 2 amide bonds. The van der Waals surface area contributed by atoms with E-state index in [9.17, 15) is 14.7 Å². The van der Waals surface area contributed by atoms with Gasteiger partial charge in [0.1, 0.15) is 0 Å². The molecule has 1 saturated carbocycles. The SMILES string of the molecule is CCC(C)NC(=O)NC1CCCC1(C)C(=O)O. The van der Waals surface area contributed by atoms with E-state index < -0.39 is 11.4 Å². The largest absolute Gasteiger partial charge is 0.481 e. The first-order valence-electron chi connectivity index (χ1n) is 6.20. The standard InChI is InChI=1S/C12H22N2O3/c1-4-8(2)13-11(17)14-9-6-5-7-12(9,3)10(15)16/h8-9H,4-7H2,1-3H3,(H,15,16)(H2,13,14,17). The number of aliphatic carboxylic acids is 1. The second-order valence-corrected chi connectivity index (χ2v) is 5.09. The molecule has 3 unspecified atom stereocenters. The van der Waals surface area contributed by atoms with Crippen molar-refractivity contribution in [1.82, 2.24) is 10.6 Å². The molecule has 17 heavy (non-hydrogen) atoms. The molecule has 5 nitrogen and oxygen atoms in total. The Labute approximate surface area is 102 Å². The van der Waals surface area contributed by atoms with Gasteiger partial charge in [-0.2, -0.15) is 0 Å². The van der Waals surface area contributed by atoms with Crippen LogP contribution in [-0.2, 0) is 4.79 Å². The van der Waals surface area contributed by atoms with Crippen LogP contribution >= 0.6 is 0 Å². The molecule has 0 saturated heterocycles. The third kappa shape index (κ3) is 3.11. The summed E-state index contributed by atoms with van der Waals surface area (Å²) in [6, 6.07) is -0.435. The molecule has 98 valence electrons. The molecule has 0 bridgehead atoms. The minimum atomic E-state index is -0.830. The van der Waals surface area contributed by atoms with Crippen LogP contribution in [0, 0.1) is 5.41 Å². The Morgan fingerprint density at radius 2 is 2.18 bits per heavy atom. The molecule has 0 aromatic rings. The summed E-state index contributed by atoms with van der Waals surface area (Å²) >= 11 is 0. The summed E-state index contributed by atoms with van der Waals surface area (Å²) in [5, 5.41) is 14.8. The third-order valence-corrected chi connectivity index (χ3v) is 3.74. The fourth-order valence-corrected chi connectivity index (χ4v) is 2.18. The van der Waals surface area contributed by atoms with Crippen LogP contribution in [-0.4, -0.2) is 29.2 Å². The van der Waals surface area contributed by atoms with E-state index in [-0.39, 0.29) is 18.1 Å². The van der Waals surface area contributed by atoms with Crippen LogP contribution in [0.3, 0.4) is 0 Å². The van der Waals surface area contributed by atoms with E-state index in [1.807, 2.05) is 13.8 Å². The molecule has 1 aliphatic rings. The monoisotopic (exact) mass is 242 g/mol. The Bertz CT molecular complexity index is 306. The van der Waals surface area contributed by atoms with Gasteiger partial charge in [0.05, 0.1) is 5.41 Å². The number of amides is 2. The molecule has 0 spiro atoms. The number of hydrogen-bond acceptors (Lipinski definition) is 2. The molecular weight excluding hydrogens is 220 g/mol. The van der Waals surface area contributed by atoms with Crippen LogP contribution < -0.4 is 10.6 Å². The number of rotatable bonds is 4. The van der Waals surface area contributed by atoms with Gasteiger partial charge >= 0.3 is 12.0 Å². The fourth-order valence-electron chi connectivity index (χ4n) is 2.18. The van der Waals surface area contributed by atoms with Crippen molar-refractivity contribution in [2.75, 3.05) is 0 Å². The minimum Gasteiger partial charge on any atom is -0.481 e. The lowest BCUT2D eigenvalue weighted by atomic mass is 9.85. The highest BCUT2D eigenvalue weighted by atomic mass is 16.4. The van der Waals surface area contributed by atoms with Crippen LogP contribution in [0.25, 0.3) is 0 Å². The quantitative estimate of drug-likeness (QED) is 0.702. The van der Waals surface area contributed by atoms with E-state index in [1.165, 1.54) is 0 Å². The lowest BCUT2D eigenvalue weighted by molar-refractivity contribution is -0.148. The number of carboxylic acids is 1. The van der Waals surface area contributed by atoms with E-state index >= 15 is 0 Å². The van der Waals surface area contributed by atoms with Crippen molar-refractivity contribution in [3.8, 4) is 0 Å². The molecule has 1 aliphatic carbocycles. The Balaban J connectivity index is 2.56. The van der Waals surface area contributed by atoms with Crippen LogP contribution in [0.2, 0.25) is 0 Å². The number of nitrogens with one attached hydrogen (secondary N) is 2. The van der Waals surface area contributed by atoms with E-state index in [1.54, 1.807) is 6.92 Å². The van der Waals surface area contributed by atoms with Gasteiger partial charge in [-0.15, -0.1) is 0 Å². The first-order chi connectivity index (χ1) is 7.90. The topological polar surface area (TPSA) is 78.4 Å². The number of carboxylic acid groups (broad SMARTS) is 1. The molecule has 0 aromatic heterocycles. The Kier molecular flexibility index (Phi) is 4.37. The number of carbonyl (C=O) groups excluding carboxylic acids is 1. The molecule has 0 radical (unpaired) electrons. The number of hydrogen-bond donors (Lipinski definition) is 3. The van der Waals surface area contributed by atoms with Gasteiger partial charge in [-0.05, 0) is 33.1 Å². The first kappa shape index (κ1) is 13.8. The fraction of sp³-hybridized carbons (Fsp3) is 0.833. The molecule has 1 rings (SSSR count). The lowest BCUT2D eigenvalue weighted by Gasteiger charge is -2.28. The molecule has 0 heterocycles. The average molecular weight is 242 g/mol. The van der Waals surface area contributed by atoms with Gasteiger partial charge in [-0.3, -0.25) is 4.79 Å². The first-order valence-corrected chi connectivity index (χ1v) is 6.20. The second-order valence-electron chi connectivity index (χ2n) is 5.09. The zero-order chi connectivity index (χ0) is 13.1.